The molecule has 27 heavy (non-hydrogen) atoms. The molecule has 0 atom stereocenters. The maximum atomic E-state index is 12.5. The molecule has 1 amide bonds. The first-order valence-corrected chi connectivity index (χ1v) is 10.3. The van der Waals surface area contributed by atoms with Gasteiger partial charge in [0.1, 0.15) is 0 Å². The van der Waals surface area contributed by atoms with Crippen LogP contribution in [0.4, 0.5) is 0 Å². The lowest BCUT2D eigenvalue weighted by Gasteiger charge is -2.26. The first-order chi connectivity index (χ1) is 13.2. The number of ether oxygens (including phenoxy) is 1. The van der Waals surface area contributed by atoms with E-state index in [4.69, 9.17) is 4.74 Å². The molecule has 140 valence electrons. The highest BCUT2D eigenvalue weighted by molar-refractivity contribution is 8.00. The molecule has 0 spiro atoms. The monoisotopic (exact) mass is 380 g/mol. The standard InChI is InChI=1S/C22H24N2O2S/c1-17-5-4-6-18(13-17)14-24-15-21(19-7-2-3-8-20(19)24)27-16-22(25)23-9-11-26-12-10-23/h2-8,13,15H,9-12,14,16H2,1H3. The summed E-state index contributed by atoms with van der Waals surface area (Å²) in [4.78, 5) is 15.6. The Bertz CT molecular complexity index is 944. The van der Waals surface area contributed by atoms with Crippen molar-refractivity contribution in [2.45, 2.75) is 18.4 Å². The number of carbonyl (C=O) groups excluding carboxylic acids is 1. The molecule has 1 aliphatic rings. The second-order valence-corrected chi connectivity index (χ2v) is 7.93. The molecule has 0 unspecified atom stereocenters. The molecular weight excluding hydrogens is 356 g/mol. The van der Waals surface area contributed by atoms with E-state index in [9.17, 15) is 4.79 Å². The van der Waals surface area contributed by atoms with E-state index in [0.29, 0.717) is 32.1 Å². The number of benzene rings is 2. The summed E-state index contributed by atoms with van der Waals surface area (Å²) in [5.41, 5.74) is 3.77. The summed E-state index contributed by atoms with van der Waals surface area (Å²) < 4.78 is 7.62. The van der Waals surface area contributed by atoms with Gasteiger partial charge in [0.15, 0.2) is 0 Å². The molecule has 1 aromatic heterocycles. The fraction of sp³-hybridized carbons (Fsp3) is 0.318. The second-order valence-electron chi connectivity index (χ2n) is 6.91. The number of morpholine rings is 1. The minimum Gasteiger partial charge on any atom is -0.378 e. The summed E-state index contributed by atoms with van der Waals surface area (Å²) in [6.07, 6.45) is 2.18. The summed E-state index contributed by atoms with van der Waals surface area (Å²) in [5.74, 6) is 0.664. The molecule has 5 heteroatoms. The zero-order valence-electron chi connectivity index (χ0n) is 15.6. The average Bonchev–Trinajstić information content (AvgIpc) is 3.04. The third kappa shape index (κ3) is 4.20. The molecule has 1 fully saturated rings. The summed E-state index contributed by atoms with van der Waals surface area (Å²) in [7, 11) is 0. The highest BCUT2D eigenvalue weighted by Crippen LogP contribution is 2.30. The quantitative estimate of drug-likeness (QED) is 0.629. The van der Waals surface area contributed by atoms with Gasteiger partial charge in [-0.05, 0) is 18.6 Å². The van der Waals surface area contributed by atoms with Crippen LogP contribution in [-0.2, 0) is 16.1 Å². The van der Waals surface area contributed by atoms with Crippen molar-refractivity contribution in [1.29, 1.82) is 0 Å². The molecule has 0 radical (unpaired) electrons. The average molecular weight is 381 g/mol. The van der Waals surface area contributed by atoms with Crippen molar-refractivity contribution in [3.05, 3.63) is 65.9 Å². The van der Waals surface area contributed by atoms with E-state index in [-0.39, 0.29) is 5.91 Å². The molecule has 0 N–H and O–H groups in total. The Morgan fingerprint density at radius 1 is 1.11 bits per heavy atom. The van der Waals surface area contributed by atoms with Gasteiger partial charge in [-0.3, -0.25) is 4.79 Å². The van der Waals surface area contributed by atoms with Gasteiger partial charge in [-0.2, -0.15) is 0 Å². The first kappa shape index (κ1) is 18.1. The maximum Gasteiger partial charge on any atom is 0.233 e. The van der Waals surface area contributed by atoms with Crippen molar-refractivity contribution in [1.82, 2.24) is 9.47 Å². The molecule has 4 rings (SSSR count). The van der Waals surface area contributed by atoms with E-state index in [2.05, 4.69) is 66.2 Å². The number of aryl methyl sites for hydroxylation is 1. The zero-order chi connectivity index (χ0) is 18.6. The number of aromatic nitrogens is 1. The largest absolute Gasteiger partial charge is 0.378 e. The molecular formula is C22H24N2O2S. The third-order valence-corrected chi connectivity index (χ3v) is 5.93. The van der Waals surface area contributed by atoms with Crippen molar-refractivity contribution in [2.75, 3.05) is 32.1 Å². The van der Waals surface area contributed by atoms with Gasteiger partial charge in [0.2, 0.25) is 5.91 Å². The Morgan fingerprint density at radius 2 is 1.93 bits per heavy atom. The van der Waals surface area contributed by atoms with Crippen LogP contribution in [0.2, 0.25) is 0 Å². The second kappa shape index (κ2) is 8.19. The molecule has 2 aromatic carbocycles. The van der Waals surface area contributed by atoms with Gasteiger partial charge >= 0.3 is 0 Å². The van der Waals surface area contributed by atoms with Gasteiger partial charge in [-0.15, -0.1) is 11.8 Å². The Morgan fingerprint density at radius 3 is 2.74 bits per heavy atom. The normalized spacial score (nSPS) is 14.6. The van der Waals surface area contributed by atoms with Crippen LogP contribution in [0.1, 0.15) is 11.1 Å². The van der Waals surface area contributed by atoms with E-state index in [1.807, 2.05) is 4.90 Å². The Balaban J connectivity index is 1.53. The van der Waals surface area contributed by atoms with Crippen LogP contribution in [0.25, 0.3) is 10.9 Å². The van der Waals surface area contributed by atoms with Crippen molar-refractivity contribution < 1.29 is 9.53 Å². The van der Waals surface area contributed by atoms with Crippen LogP contribution in [-0.4, -0.2) is 47.4 Å². The van der Waals surface area contributed by atoms with E-state index in [0.717, 1.165) is 6.54 Å². The number of hydrogen-bond acceptors (Lipinski definition) is 3. The van der Waals surface area contributed by atoms with E-state index >= 15 is 0 Å². The van der Waals surface area contributed by atoms with Gasteiger partial charge in [-0.1, -0.05) is 48.0 Å². The van der Waals surface area contributed by atoms with Crippen LogP contribution < -0.4 is 0 Å². The van der Waals surface area contributed by atoms with E-state index in [1.54, 1.807) is 11.8 Å². The summed E-state index contributed by atoms with van der Waals surface area (Å²) in [6.45, 7) is 5.65. The molecule has 0 saturated carbocycles. The SMILES string of the molecule is Cc1cccc(Cn2cc(SCC(=O)N3CCOCC3)c3ccccc32)c1. The van der Waals surface area contributed by atoms with Gasteiger partial charge in [-0.25, -0.2) is 0 Å². The molecule has 3 aromatic rings. The van der Waals surface area contributed by atoms with Gasteiger partial charge in [0.05, 0.1) is 19.0 Å². The first-order valence-electron chi connectivity index (χ1n) is 9.32. The molecule has 4 nitrogen and oxygen atoms in total. The van der Waals surface area contributed by atoms with Crippen molar-refractivity contribution >= 4 is 28.6 Å². The fourth-order valence-electron chi connectivity index (χ4n) is 3.51. The Labute approximate surface area is 164 Å². The molecule has 0 bridgehead atoms. The smallest absolute Gasteiger partial charge is 0.233 e. The predicted molar refractivity (Wildman–Crippen MR) is 110 cm³/mol. The highest BCUT2D eigenvalue weighted by Gasteiger charge is 2.18. The topological polar surface area (TPSA) is 34.5 Å². The summed E-state index contributed by atoms with van der Waals surface area (Å²) in [6, 6.07) is 17.0. The highest BCUT2D eigenvalue weighted by atomic mass is 32.2. The third-order valence-electron chi connectivity index (χ3n) is 4.90. The lowest BCUT2D eigenvalue weighted by atomic mass is 10.1. The van der Waals surface area contributed by atoms with Gasteiger partial charge < -0.3 is 14.2 Å². The van der Waals surface area contributed by atoms with Crippen LogP contribution in [0, 0.1) is 6.92 Å². The van der Waals surface area contributed by atoms with Crippen LogP contribution in [0.5, 0.6) is 0 Å². The molecule has 1 saturated heterocycles. The lowest BCUT2D eigenvalue weighted by Crippen LogP contribution is -2.41. The van der Waals surface area contributed by atoms with Crippen LogP contribution in [0.15, 0.2) is 59.6 Å². The minimum absolute atomic E-state index is 0.193. The zero-order valence-corrected chi connectivity index (χ0v) is 16.4. The van der Waals surface area contributed by atoms with Gasteiger partial charge in [0.25, 0.3) is 0 Å². The molecule has 2 heterocycles. The predicted octanol–water partition coefficient (Wildman–Crippen LogP) is 3.95. The van der Waals surface area contributed by atoms with Crippen LogP contribution in [0.3, 0.4) is 0 Å². The lowest BCUT2D eigenvalue weighted by molar-refractivity contribution is -0.132. The van der Waals surface area contributed by atoms with Gasteiger partial charge in [0, 0.05) is 41.6 Å². The Kier molecular flexibility index (Phi) is 5.50. The maximum absolute atomic E-state index is 12.5. The van der Waals surface area contributed by atoms with Crippen molar-refractivity contribution in [2.24, 2.45) is 0 Å². The number of thioether (sulfide) groups is 1. The Hall–Kier alpha value is -2.24. The van der Waals surface area contributed by atoms with Crippen molar-refractivity contribution in [3.63, 3.8) is 0 Å². The number of para-hydroxylation sites is 1. The number of fused-ring (bicyclic) bond motifs is 1. The summed E-state index contributed by atoms with van der Waals surface area (Å²) >= 11 is 1.63. The van der Waals surface area contributed by atoms with Crippen LogP contribution >= 0.6 is 11.8 Å². The van der Waals surface area contributed by atoms with E-state index < -0.39 is 0 Å². The summed E-state index contributed by atoms with van der Waals surface area (Å²) in [5, 5.41) is 1.21. The van der Waals surface area contributed by atoms with E-state index in [1.165, 1.54) is 26.9 Å². The number of carbonyl (C=O) groups is 1. The number of nitrogens with zero attached hydrogens (tertiary/aromatic N) is 2. The molecule has 1 aliphatic heterocycles. The number of rotatable bonds is 5. The number of hydrogen-bond donors (Lipinski definition) is 0. The molecule has 0 aliphatic carbocycles. The van der Waals surface area contributed by atoms with Crippen molar-refractivity contribution in [3.8, 4) is 0 Å². The minimum atomic E-state index is 0.193. The number of amides is 1. The fourth-order valence-corrected chi connectivity index (χ4v) is 4.50.